The zero-order valence-electron chi connectivity index (χ0n) is 22.9. The Morgan fingerprint density at radius 2 is 1.90 bits per heavy atom. The minimum absolute atomic E-state index is 0.0479. The molecule has 4 heterocycles. The van der Waals surface area contributed by atoms with E-state index in [0.717, 1.165) is 61.6 Å². The van der Waals surface area contributed by atoms with Gasteiger partial charge in [0, 0.05) is 25.7 Å². The number of hydrogen-bond donors (Lipinski definition) is 3. The molecule has 3 aromatic rings. The van der Waals surface area contributed by atoms with E-state index in [4.69, 9.17) is 10.7 Å². The summed E-state index contributed by atoms with van der Waals surface area (Å²) in [6.07, 6.45) is 8.96. The summed E-state index contributed by atoms with van der Waals surface area (Å²) < 4.78 is 19.3. The van der Waals surface area contributed by atoms with Gasteiger partial charge < -0.3 is 21.3 Å². The van der Waals surface area contributed by atoms with Gasteiger partial charge in [0.05, 0.1) is 17.5 Å². The lowest BCUT2D eigenvalue weighted by molar-refractivity contribution is 0.0927. The molecule has 3 fully saturated rings. The Morgan fingerprint density at radius 3 is 2.66 bits per heavy atom. The fourth-order valence-electron chi connectivity index (χ4n) is 5.66. The van der Waals surface area contributed by atoms with Crippen LogP contribution in [0.4, 0.5) is 21.0 Å². The van der Waals surface area contributed by atoms with Crippen LogP contribution in [0.1, 0.15) is 83.0 Å². The van der Waals surface area contributed by atoms with E-state index in [-0.39, 0.29) is 23.1 Å². The van der Waals surface area contributed by atoms with Crippen LogP contribution in [0.25, 0.3) is 0 Å². The van der Waals surface area contributed by atoms with E-state index < -0.39 is 17.6 Å². The van der Waals surface area contributed by atoms with Gasteiger partial charge in [-0.2, -0.15) is 4.37 Å². The fourth-order valence-corrected chi connectivity index (χ4v) is 6.32. The minimum atomic E-state index is -0.678. The summed E-state index contributed by atoms with van der Waals surface area (Å²) in [4.78, 5) is 38.5. The van der Waals surface area contributed by atoms with Crippen molar-refractivity contribution in [2.24, 2.45) is 5.73 Å². The maximum absolute atomic E-state index is 14.7. The number of primary amides is 1. The van der Waals surface area contributed by atoms with Crippen molar-refractivity contribution in [1.29, 1.82) is 0 Å². The number of hydrogen-bond acceptors (Lipinski definition) is 9. The van der Waals surface area contributed by atoms with Gasteiger partial charge in [-0.25, -0.2) is 14.4 Å². The number of benzene rings is 1. The predicted octanol–water partition coefficient (Wildman–Crippen LogP) is 4.18. The number of halogens is 1. The molecule has 216 valence electrons. The molecular weight excluding hydrogens is 543 g/mol. The third-order valence-electron chi connectivity index (χ3n) is 8.00. The second-order valence-electron chi connectivity index (χ2n) is 11.2. The van der Waals surface area contributed by atoms with Gasteiger partial charge in [0.2, 0.25) is 0 Å². The van der Waals surface area contributed by atoms with Gasteiger partial charge in [0.15, 0.2) is 11.5 Å². The topological polar surface area (TPSA) is 129 Å². The number of carbonyl (C=O) groups excluding carboxylic acids is 2. The molecule has 1 saturated carbocycles. The molecule has 0 bridgehead atoms. The molecule has 2 aliphatic heterocycles. The lowest BCUT2D eigenvalue weighted by Gasteiger charge is -2.34. The van der Waals surface area contributed by atoms with Crippen LogP contribution in [0.5, 0.6) is 0 Å². The zero-order valence-corrected chi connectivity index (χ0v) is 23.8. The number of rotatable bonds is 9. The third-order valence-corrected chi connectivity index (χ3v) is 8.74. The van der Waals surface area contributed by atoms with Crippen LogP contribution in [-0.2, 0) is 6.54 Å². The molecule has 0 spiro atoms. The first-order chi connectivity index (χ1) is 19.9. The highest BCUT2D eigenvalue weighted by molar-refractivity contribution is 7.10. The van der Waals surface area contributed by atoms with Gasteiger partial charge in [-0.1, -0.05) is 12.5 Å². The van der Waals surface area contributed by atoms with E-state index >= 15 is 0 Å². The third kappa shape index (κ3) is 6.65. The normalized spacial score (nSPS) is 19.6. The molecule has 1 aliphatic carbocycles. The smallest absolute Gasteiger partial charge is 0.271 e. The number of nitrogens with zero attached hydrogens (tertiary/aromatic N) is 5. The number of amides is 2. The highest BCUT2D eigenvalue weighted by Crippen LogP contribution is 2.40. The molecule has 12 heteroatoms. The van der Waals surface area contributed by atoms with Gasteiger partial charge in [0.25, 0.3) is 11.8 Å². The van der Waals surface area contributed by atoms with Crippen molar-refractivity contribution in [1.82, 2.24) is 24.6 Å². The Morgan fingerprint density at radius 1 is 1.07 bits per heavy atom. The molecule has 6 rings (SSSR count). The number of aromatic nitrogens is 3. The molecule has 41 heavy (non-hydrogen) atoms. The summed E-state index contributed by atoms with van der Waals surface area (Å²) in [6, 6.07) is 6.71. The second-order valence-corrected chi connectivity index (χ2v) is 12.0. The summed E-state index contributed by atoms with van der Waals surface area (Å²) in [6.45, 7) is 4.15. The van der Waals surface area contributed by atoms with E-state index in [1.165, 1.54) is 43.1 Å². The Bertz CT molecular complexity index is 1420. The number of nitrogens with two attached hydrogens (primary N) is 1. The molecule has 0 radical (unpaired) electrons. The summed E-state index contributed by atoms with van der Waals surface area (Å²) in [5.74, 6) is -0.317. The quantitative estimate of drug-likeness (QED) is 0.345. The van der Waals surface area contributed by atoms with Crippen molar-refractivity contribution in [3.8, 4) is 0 Å². The van der Waals surface area contributed by atoms with Gasteiger partial charge >= 0.3 is 0 Å². The molecule has 1 aromatic carbocycles. The maximum Gasteiger partial charge on any atom is 0.271 e. The van der Waals surface area contributed by atoms with Crippen LogP contribution < -0.4 is 21.3 Å². The first kappa shape index (κ1) is 27.5. The molecule has 10 nitrogen and oxygen atoms in total. The molecule has 0 unspecified atom stereocenters. The lowest BCUT2D eigenvalue weighted by Crippen LogP contribution is -2.48. The highest BCUT2D eigenvalue weighted by Gasteiger charge is 2.27. The Labute approximate surface area is 242 Å². The highest BCUT2D eigenvalue weighted by atomic mass is 32.1. The van der Waals surface area contributed by atoms with Crippen molar-refractivity contribution in [3.05, 3.63) is 58.8 Å². The van der Waals surface area contributed by atoms with E-state index in [1.807, 2.05) is 17.0 Å². The maximum atomic E-state index is 14.7. The van der Waals surface area contributed by atoms with E-state index in [9.17, 15) is 14.0 Å². The monoisotopic (exact) mass is 578 g/mol. The van der Waals surface area contributed by atoms with Gasteiger partial charge in [0.1, 0.15) is 16.6 Å². The number of piperidine rings is 2. The van der Waals surface area contributed by atoms with Crippen LogP contribution in [0, 0.1) is 5.82 Å². The van der Waals surface area contributed by atoms with Crippen LogP contribution in [-0.4, -0.2) is 63.3 Å². The summed E-state index contributed by atoms with van der Waals surface area (Å²) in [7, 11) is 0. The number of nitrogens with one attached hydrogen (secondary N) is 2. The molecule has 2 saturated heterocycles. The first-order valence-corrected chi connectivity index (χ1v) is 15.2. The average Bonchev–Trinajstić information content (AvgIpc) is 3.74. The Kier molecular flexibility index (Phi) is 8.11. The number of anilines is 3. The van der Waals surface area contributed by atoms with Crippen molar-refractivity contribution >= 4 is 40.0 Å². The van der Waals surface area contributed by atoms with Crippen molar-refractivity contribution in [2.45, 2.75) is 63.5 Å². The largest absolute Gasteiger partial charge is 0.364 e. The van der Waals surface area contributed by atoms with Crippen LogP contribution in [0.2, 0.25) is 0 Å². The van der Waals surface area contributed by atoms with E-state index in [1.54, 1.807) is 6.07 Å². The molecule has 1 atom stereocenters. The minimum Gasteiger partial charge on any atom is -0.364 e. The summed E-state index contributed by atoms with van der Waals surface area (Å²) in [5, 5.41) is 6.95. The molecule has 4 N–H and O–H groups in total. The lowest BCUT2D eigenvalue weighted by atomic mass is 10.0. The second kappa shape index (κ2) is 12.1. The summed E-state index contributed by atoms with van der Waals surface area (Å²) >= 11 is 1.31. The van der Waals surface area contributed by atoms with Gasteiger partial charge in [-0.05, 0) is 92.8 Å². The van der Waals surface area contributed by atoms with Gasteiger partial charge in [-0.15, -0.1) is 0 Å². The first-order valence-electron chi connectivity index (χ1n) is 14.4. The number of likely N-dealkylation sites (tertiary alicyclic amines) is 1. The van der Waals surface area contributed by atoms with Crippen LogP contribution in [0.15, 0.2) is 30.5 Å². The standard InChI is InChI=1S/C29H35FN8O2S/c30-23-13-19(18-6-7-18)8-9-22(23)29(40)33-20-5-4-12-38(17-20)24-15-32-26(27(31)39)28(34-24)35-25-14-21(36-41-25)16-37-10-2-1-3-11-37/h8-9,13-15,18,20H,1-7,10-12,16-17H2,(H2,31,39)(H,33,40)(H,34,35)/t20-/m1/s1. The Balaban J connectivity index is 1.12. The zero-order chi connectivity index (χ0) is 28.3. The average molecular weight is 579 g/mol. The van der Waals surface area contributed by atoms with Crippen molar-refractivity contribution < 1.29 is 14.0 Å². The van der Waals surface area contributed by atoms with Crippen molar-refractivity contribution in [2.75, 3.05) is 36.4 Å². The van der Waals surface area contributed by atoms with Gasteiger partial charge in [-0.3, -0.25) is 14.5 Å². The van der Waals surface area contributed by atoms with Crippen LogP contribution in [0.3, 0.4) is 0 Å². The van der Waals surface area contributed by atoms with Crippen LogP contribution >= 0.6 is 11.5 Å². The van der Waals surface area contributed by atoms with E-state index in [2.05, 4.69) is 24.9 Å². The Hall–Kier alpha value is -3.64. The predicted molar refractivity (Wildman–Crippen MR) is 156 cm³/mol. The molecule has 3 aliphatic rings. The fraction of sp³-hybridized carbons (Fsp3) is 0.483. The molecule has 2 aromatic heterocycles. The number of carbonyl (C=O) groups is 2. The summed E-state index contributed by atoms with van der Waals surface area (Å²) in [5.41, 5.74) is 7.65. The van der Waals surface area contributed by atoms with Crippen molar-refractivity contribution in [3.63, 3.8) is 0 Å². The SMILES string of the molecule is NC(=O)c1ncc(N2CCC[C@@H](NC(=O)c3ccc(C4CC4)cc3F)C2)nc1Nc1cc(CN2CCCCC2)ns1. The molecule has 2 amide bonds. The molecular formula is C29H35FN8O2S. The van der Waals surface area contributed by atoms with E-state index in [0.29, 0.717) is 24.8 Å².